The van der Waals surface area contributed by atoms with Crippen LogP contribution in [0.4, 0.5) is 10.5 Å². The molecule has 0 spiro atoms. The standard InChI is InChI=1S/C28H25N3O6/c1-29-28(33)30-15-8-11-21-19(12-15)27(32)24(37-21)14-18-17-13-16(34-2)9-10-20(17)31-26(18)25-22(35-3)6-5-7-23(25)36-4/h5-14,31H,1-4H3,(H2,29,30,33). The number of ketones is 1. The monoisotopic (exact) mass is 499 g/mol. The molecule has 0 saturated carbocycles. The van der Waals surface area contributed by atoms with Gasteiger partial charge in [-0.3, -0.25) is 4.79 Å². The number of rotatable bonds is 6. The molecule has 0 aliphatic carbocycles. The summed E-state index contributed by atoms with van der Waals surface area (Å²) in [6.45, 7) is 0. The van der Waals surface area contributed by atoms with Gasteiger partial charge in [-0.15, -0.1) is 0 Å². The summed E-state index contributed by atoms with van der Waals surface area (Å²) in [4.78, 5) is 28.5. The van der Waals surface area contributed by atoms with Crippen molar-refractivity contribution in [2.45, 2.75) is 0 Å². The molecule has 3 aromatic carbocycles. The Bertz CT molecular complexity index is 1550. The largest absolute Gasteiger partial charge is 0.497 e. The number of urea groups is 1. The first-order valence-corrected chi connectivity index (χ1v) is 11.5. The van der Waals surface area contributed by atoms with Crippen molar-refractivity contribution in [3.8, 4) is 34.3 Å². The first-order chi connectivity index (χ1) is 18.0. The quantitative estimate of drug-likeness (QED) is 0.314. The van der Waals surface area contributed by atoms with Crippen LogP contribution in [0.1, 0.15) is 15.9 Å². The van der Waals surface area contributed by atoms with Crippen molar-refractivity contribution in [2.24, 2.45) is 0 Å². The summed E-state index contributed by atoms with van der Waals surface area (Å²) in [5.41, 5.74) is 3.77. The lowest BCUT2D eigenvalue weighted by molar-refractivity contribution is 0.101. The van der Waals surface area contributed by atoms with Crippen molar-refractivity contribution in [3.63, 3.8) is 0 Å². The van der Waals surface area contributed by atoms with E-state index in [4.69, 9.17) is 18.9 Å². The number of ether oxygens (including phenoxy) is 4. The molecule has 0 atom stereocenters. The molecule has 188 valence electrons. The lowest BCUT2D eigenvalue weighted by Crippen LogP contribution is -2.24. The fourth-order valence-electron chi connectivity index (χ4n) is 4.35. The molecule has 0 radical (unpaired) electrons. The molecule has 2 heterocycles. The van der Waals surface area contributed by atoms with Crippen molar-refractivity contribution in [2.75, 3.05) is 33.7 Å². The summed E-state index contributed by atoms with van der Waals surface area (Å²) < 4.78 is 22.7. The van der Waals surface area contributed by atoms with Gasteiger partial charge in [-0.2, -0.15) is 0 Å². The number of methoxy groups -OCH3 is 3. The molecule has 9 heteroatoms. The van der Waals surface area contributed by atoms with Gasteiger partial charge in [0.25, 0.3) is 0 Å². The van der Waals surface area contributed by atoms with Crippen molar-refractivity contribution >= 4 is 34.5 Å². The molecule has 9 nitrogen and oxygen atoms in total. The Hall–Kier alpha value is -4.92. The minimum Gasteiger partial charge on any atom is -0.497 e. The number of amides is 2. The molecule has 1 aliphatic heterocycles. The molecule has 3 N–H and O–H groups in total. The molecule has 0 saturated heterocycles. The summed E-state index contributed by atoms with van der Waals surface area (Å²) in [7, 11) is 6.29. The lowest BCUT2D eigenvalue weighted by Gasteiger charge is -2.13. The van der Waals surface area contributed by atoms with Crippen molar-refractivity contribution in [1.29, 1.82) is 0 Å². The highest BCUT2D eigenvalue weighted by Crippen LogP contribution is 2.44. The maximum Gasteiger partial charge on any atom is 0.318 e. The van der Waals surface area contributed by atoms with Crippen LogP contribution in [0.2, 0.25) is 0 Å². The third-order valence-corrected chi connectivity index (χ3v) is 6.15. The van der Waals surface area contributed by atoms with Crippen LogP contribution in [0, 0.1) is 0 Å². The van der Waals surface area contributed by atoms with Crippen LogP contribution in [0.25, 0.3) is 28.2 Å². The Balaban J connectivity index is 1.68. The predicted molar refractivity (Wildman–Crippen MR) is 141 cm³/mol. The zero-order valence-corrected chi connectivity index (χ0v) is 20.7. The number of carbonyl (C=O) groups excluding carboxylic acids is 2. The Labute approximate surface area is 213 Å². The normalized spacial score (nSPS) is 13.3. The van der Waals surface area contributed by atoms with E-state index >= 15 is 0 Å². The zero-order valence-electron chi connectivity index (χ0n) is 20.7. The van der Waals surface area contributed by atoms with Crippen LogP contribution >= 0.6 is 0 Å². The van der Waals surface area contributed by atoms with E-state index in [1.165, 1.54) is 7.05 Å². The Morgan fingerprint density at radius 2 is 1.73 bits per heavy atom. The van der Waals surface area contributed by atoms with Crippen LogP contribution in [-0.4, -0.2) is 45.2 Å². The number of hydrogen-bond donors (Lipinski definition) is 3. The molecule has 1 aromatic heterocycles. The van der Waals surface area contributed by atoms with E-state index in [1.54, 1.807) is 45.6 Å². The predicted octanol–water partition coefficient (Wildman–Crippen LogP) is 5.23. The minimum absolute atomic E-state index is 0.144. The van der Waals surface area contributed by atoms with Crippen molar-refractivity contribution < 1.29 is 28.5 Å². The second kappa shape index (κ2) is 9.62. The second-order valence-corrected chi connectivity index (χ2v) is 8.22. The number of benzene rings is 3. The van der Waals surface area contributed by atoms with Gasteiger partial charge in [-0.1, -0.05) is 6.07 Å². The number of allylic oxidation sites excluding steroid dienone is 1. The van der Waals surface area contributed by atoms with Crippen molar-refractivity contribution in [1.82, 2.24) is 10.3 Å². The van der Waals surface area contributed by atoms with E-state index in [0.29, 0.717) is 51.1 Å². The number of anilines is 1. The van der Waals surface area contributed by atoms with Gasteiger partial charge in [0.1, 0.15) is 23.0 Å². The number of aromatic amines is 1. The Morgan fingerprint density at radius 1 is 0.973 bits per heavy atom. The first-order valence-electron chi connectivity index (χ1n) is 11.5. The smallest absolute Gasteiger partial charge is 0.318 e. The zero-order chi connectivity index (χ0) is 26.1. The molecule has 37 heavy (non-hydrogen) atoms. The maximum atomic E-state index is 13.4. The van der Waals surface area contributed by atoms with E-state index in [-0.39, 0.29) is 17.6 Å². The lowest BCUT2D eigenvalue weighted by atomic mass is 10.0. The van der Waals surface area contributed by atoms with E-state index < -0.39 is 0 Å². The van der Waals surface area contributed by atoms with E-state index in [9.17, 15) is 9.59 Å². The first kappa shape index (κ1) is 23.8. The Kier molecular flexibility index (Phi) is 6.19. The highest BCUT2D eigenvalue weighted by molar-refractivity contribution is 6.16. The van der Waals surface area contributed by atoms with E-state index in [2.05, 4.69) is 15.6 Å². The van der Waals surface area contributed by atoms with Crippen LogP contribution in [0.5, 0.6) is 23.0 Å². The number of H-pyrrole nitrogens is 1. The van der Waals surface area contributed by atoms with E-state index in [0.717, 1.165) is 10.9 Å². The summed E-state index contributed by atoms with van der Waals surface area (Å²) in [6.07, 6.45) is 1.70. The van der Waals surface area contributed by atoms with Crippen LogP contribution in [0.15, 0.2) is 60.4 Å². The summed E-state index contributed by atoms with van der Waals surface area (Å²) >= 11 is 0. The molecular weight excluding hydrogens is 474 g/mol. The number of aromatic nitrogens is 1. The van der Waals surface area contributed by atoms with Gasteiger partial charge < -0.3 is 34.6 Å². The average molecular weight is 500 g/mol. The number of carbonyl (C=O) groups is 2. The summed E-state index contributed by atoms with van der Waals surface area (Å²) in [5, 5.41) is 5.98. The summed E-state index contributed by atoms with van der Waals surface area (Å²) in [5.74, 6) is 2.12. The topological polar surface area (TPSA) is 111 Å². The molecule has 4 aromatic rings. The van der Waals surface area contributed by atoms with Crippen molar-refractivity contribution in [3.05, 3.63) is 71.5 Å². The summed E-state index contributed by atoms with van der Waals surface area (Å²) in [6, 6.07) is 15.7. The molecular formula is C28H25N3O6. The highest BCUT2D eigenvalue weighted by Gasteiger charge is 2.29. The van der Waals surface area contributed by atoms with Gasteiger partial charge in [0.05, 0.1) is 38.2 Å². The SMILES string of the molecule is CNC(=O)Nc1ccc2c(c1)C(=O)C(=Cc1c(-c3c(OC)cccc3OC)[nH]c3ccc(OC)cc13)O2. The molecule has 2 amide bonds. The van der Waals surface area contributed by atoms with Gasteiger partial charge in [-0.25, -0.2) is 4.79 Å². The van der Waals surface area contributed by atoms with E-state index in [1.807, 2.05) is 36.4 Å². The highest BCUT2D eigenvalue weighted by atomic mass is 16.5. The van der Waals surface area contributed by atoms with Gasteiger partial charge in [0, 0.05) is 29.2 Å². The molecule has 0 unspecified atom stereocenters. The van der Waals surface area contributed by atoms with Crippen LogP contribution in [-0.2, 0) is 0 Å². The number of hydrogen-bond acceptors (Lipinski definition) is 6. The van der Waals surface area contributed by atoms with Gasteiger partial charge in [0.2, 0.25) is 5.78 Å². The Morgan fingerprint density at radius 3 is 2.41 bits per heavy atom. The third kappa shape index (κ3) is 4.20. The molecule has 1 aliphatic rings. The van der Waals surface area contributed by atoms with Gasteiger partial charge in [0.15, 0.2) is 5.76 Å². The maximum absolute atomic E-state index is 13.4. The average Bonchev–Trinajstić information content (AvgIpc) is 3.44. The second-order valence-electron chi connectivity index (χ2n) is 8.22. The number of nitrogens with one attached hydrogen (secondary N) is 3. The van der Waals surface area contributed by atoms with Gasteiger partial charge in [-0.05, 0) is 54.6 Å². The minimum atomic E-state index is -0.384. The number of fused-ring (bicyclic) bond motifs is 2. The molecule has 5 rings (SSSR count). The van der Waals surface area contributed by atoms with Crippen LogP contribution < -0.4 is 29.6 Å². The molecule has 0 bridgehead atoms. The molecule has 0 fully saturated rings. The van der Waals surface area contributed by atoms with Crippen LogP contribution in [0.3, 0.4) is 0 Å². The number of Topliss-reactive ketones (excluding diaryl/α,β-unsaturated/α-hetero) is 1. The fraction of sp³-hybridized carbons (Fsp3) is 0.143. The fourth-order valence-corrected chi connectivity index (χ4v) is 4.35. The van der Waals surface area contributed by atoms with Gasteiger partial charge >= 0.3 is 6.03 Å². The third-order valence-electron chi connectivity index (χ3n) is 6.15.